The van der Waals surface area contributed by atoms with Gasteiger partial charge in [0.15, 0.2) is 0 Å². The quantitative estimate of drug-likeness (QED) is 0.339. The maximum Gasteiger partial charge on any atom is 0.336 e. The number of carbonyl (C=O) groups excluding carboxylic acids is 1. The summed E-state index contributed by atoms with van der Waals surface area (Å²) >= 11 is 5.69. The van der Waals surface area contributed by atoms with Gasteiger partial charge in [-0.2, -0.15) is 0 Å². The van der Waals surface area contributed by atoms with Crippen molar-refractivity contribution in [3.63, 3.8) is 0 Å². The molecular weight excluding hydrogens is 212 g/mol. The van der Waals surface area contributed by atoms with Crippen LogP contribution in [0.1, 0.15) is 6.92 Å². The zero-order valence-electron chi connectivity index (χ0n) is 8.31. The van der Waals surface area contributed by atoms with E-state index in [9.17, 15) is 4.79 Å². The van der Waals surface area contributed by atoms with Crippen LogP contribution >= 0.6 is 11.6 Å². The van der Waals surface area contributed by atoms with Crippen molar-refractivity contribution >= 4 is 17.6 Å². The molecule has 3 heteroatoms. The second-order valence-electron chi connectivity index (χ2n) is 2.76. The number of rotatable bonds is 3. The lowest BCUT2D eigenvalue weighted by atomic mass is 10.3. The van der Waals surface area contributed by atoms with E-state index >= 15 is 0 Å². The second-order valence-corrected chi connectivity index (χ2v) is 3.20. The fourth-order valence-electron chi connectivity index (χ4n) is 0.898. The van der Waals surface area contributed by atoms with Gasteiger partial charge in [-0.25, -0.2) is 4.79 Å². The van der Waals surface area contributed by atoms with Gasteiger partial charge in [-0.3, -0.25) is 0 Å². The van der Waals surface area contributed by atoms with Crippen molar-refractivity contribution < 1.29 is 9.53 Å². The van der Waals surface area contributed by atoms with Crippen molar-refractivity contribution in [3.8, 4) is 5.75 Å². The van der Waals surface area contributed by atoms with Gasteiger partial charge in [-0.15, -0.1) is 0 Å². The van der Waals surface area contributed by atoms with Gasteiger partial charge < -0.3 is 4.74 Å². The van der Waals surface area contributed by atoms with E-state index in [4.69, 9.17) is 16.3 Å². The molecule has 0 saturated heterocycles. The minimum atomic E-state index is -0.407. The molecule has 0 amide bonds. The summed E-state index contributed by atoms with van der Waals surface area (Å²) in [5.74, 6) is 0.0740. The zero-order valence-corrected chi connectivity index (χ0v) is 9.07. The molecule has 15 heavy (non-hydrogen) atoms. The number of carbonyl (C=O) groups is 1. The first kappa shape index (κ1) is 11.5. The molecule has 0 unspecified atom stereocenters. The van der Waals surface area contributed by atoms with Crippen molar-refractivity contribution in [2.45, 2.75) is 6.92 Å². The molecular formula is C12H11ClO2. The molecule has 1 aromatic rings. The fraction of sp³-hybridized carbons (Fsp3) is 0.0833. The first-order chi connectivity index (χ1) is 7.22. The first-order valence-corrected chi connectivity index (χ1v) is 4.87. The normalized spacial score (nSPS) is 11.1. The smallest absolute Gasteiger partial charge is 0.336 e. The van der Waals surface area contributed by atoms with Gasteiger partial charge in [0, 0.05) is 11.1 Å². The van der Waals surface area contributed by atoms with Crippen LogP contribution < -0.4 is 4.74 Å². The van der Waals surface area contributed by atoms with Gasteiger partial charge in [-0.05, 0) is 31.2 Å². The number of allylic oxidation sites excluding steroid dienone is 3. The van der Waals surface area contributed by atoms with Gasteiger partial charge >= 0.3 is 5.97 Å². The highest BCUT2D eigenvalue weighted by Gasteiger charge is 1.98. The highest BCUT2D eigenvalue weighted by molar-refractivity contribution is 6.30. The molecule has 2 nitrogen and oxygen atoms in total. The Morgan fingerprint density at radius 3 is 2.53 bits per heavy atom. The Balaban J connectivity index is 2.55. The van der Waals surface area contributed by atoms with Gasteiger partial charge in [0.25, 0.3) is 0 Å². The maximum atomic E-state index is 11.2. The third-order valence-electron chi connectivity index (χ3n) is 1.57. The van der Waals surface area contributed by atoms with Gasteiger partial charge in [0.05, 0.1) is 0 Å². The average molecular weight is 223 g/mol. The molecule has 0 N–H and O–H groups in total. The van der Waals surface area contributed by atoms with Crippen LogP contribution in [0.4, 0.5) is 0 Å². The number of hydrogen-bond donors (Lipinski definition) is 0. The predicted octanol–water partition coefficient (Wildman–Crippen LogP) is 3.38. The van der Waals surface area contributed by atoms with E-state index in [0.29, 0.717) is 10.8 Å². The Kier molecular flexibility index (Phi) is 4.64. The number of esters is 1. The Morgan fingerprint density at radius 2 is 1.93 bits per heavy atom. The standard InChI is InChI=1S/C12H11ClO2/c1-2-3-4-5-12(14)15-11-8-6-10(13)7-9-11/h2-9H,1H3/b3-2+,5-4+. The highest BCUT2D eigenvalue weighted by Crippen LogP contribution is 2.15. The summed E-state index contributed by atoms with van der Waals surface area (Å²) in [6, 6.07) is 6.62. The number of benzene rings is 1. The van der Waals surface area contributed by atoms with E-state index in [1.807, 2.05) is 13.0 Å². The number of ether oxygens (including phenoxy) is 1. The molecule has 1 rings (SSSR count). The van der Waals surface area contributed by atoms with Gasteiger partial charge in [-0.1, -0.05) is 29.8 Å². The maximum absolute atomic E-state index is 11.2. The lowest BCUT2D eigenvalue weighted by Crippen LogP contribution is -2.03. The summed E-state index contributed by atoms with van der Waals surface area (Å²) in [7, 11) is 0. The molecule has 0 aliphatic carbocycles. The van der Waals surface area contributed by atoms with Gasteiger partial charge in [0.1, 0.15) is 5.75 Å². The van der Waals surface area contributed by atoms with Crippen LogP contribution in [0.2, 0.25) is 5.02 Å². The SMILES string of the molecule is C/C=C/C=C/C(=O)Oc1ccc(Cl)cc1. The number of halogens is 1. The fourth-order valence-corrected chi connectivity index (χ4v) is 1.02. The van der Waals surface area contributed by atoms with E-state index in [0.717, 1.165) is 0 Å². The predicted molar refractivity (Wildman–Crippen MR) is 61.0 cm³/mol. The minimum absolute atomic E-state index is 0.407. The highest BCUT2D eigenvalue weighted by atomic mass is 35.5. The Morgan fingerprint density at radius 1 is 1.27 bits per heavy atom. The molecule has 0 atom stereocenters. The molecule has 0 bridgehead atoms. The molecule has 0 aliphatic rings. The van der Waals surface area contributed by atoms with E-state index in [1.165, 1.54) is 6.08 Å². The molecule has 0 heterocycles. The molecule has 0 saturated carbocycles. The lowest BCUT2D eigenvalue weighted by Gasteiger charge is -1.99. The van der Waals surface area contributed by atoms with Crippen molar-refractivity contribution in [3.05, 3.63) is 53.6 Å². The third-order valence-corrected chi connectivity index (χ3v) is 1.82. The second kappa shape index (κ2) is 6.04. The molecule has 0 aliphatic heterocycles. The topological polar surface area (TPSA) is 26.3 Å². The lowest BCUT2D eigenvalue weighted by molar-refractivity contribution is -0.128. The Labute approximate surface area is 93.8 Å². The average Bonchev–Trinajstić information content (AvgIpc) is 2.22. The molecule has 0 fully saturated rings. The van der Waals surface area contributed by atoms with Crippen LogP contribution in [0, 0.1) is 0 Å². The van der Waals surface area contributed by atoms with Crippen molar-refractivity contribution in [2.24, 2.45) is 0 Å². The molecule has 0 spiro atoms. The van der Waals surface area contributed by atoms with Crippen LogP contribution in [-0.2, 0) is 4.79 Å². The molecule has 0 aromatic heterocycles. The summed E-state index contributed by atoms with van der Waals surface area (Å²) in [5.41, 5.74) is 0. The monoisotopic (exact) mass is 222 g/mol. The van der Waals surface area contributed by atoms with E-state index < -0.39 is 5.97 Å². The van der Waals surface area contributed by atoms with E-state index in [-0.39, 0.29) is 0 Å². The largest absolute Gasteiger partial charge is 0.423 e. The zero-order chi connectivity index (χ0) is 11.1. The summed E-state index contributed by atoms with van der Waals surface area (Å²) in [6.45, 7) is 1.87. The summed E-state index contributed by atoms with van der Waals surface area (Å²) < 4.78 is 5.00. The van der Waals surface area contributed by atoms with Crippen LogP contribution in [0.15, 0.2) is 48.6 Å². The molecule has 0 radical (unpaired) electrons. The summed E-state index contributed by atoms with van der Waals surface area (Å²) in [6.07, 6.45) is 6.56. The van der Waals surface area contributed by atoms with Crippen molar-refractivity contribution in [1.29, 1.82) is 0 Å². The Hall–Kier alpha value is -1.54. The minimum Gasteiger partial charge on any atom is -0.423 e. The summed E-state index contributed by atoms with van der Waals surface area (Å²) in [4.78, 5) is 11.2. The first-order valence-electron chi connectivity index (χ1n) is 4.49. The van der Waals surface area contributed by atoms with Crippen molar-refractivity contribution in [1.82, 2.24) is 0 Å². The summed E-state index contributed by atoms with van der Waals surface area (Å²) in [5, 5.41) is 0.610. The van der Waals surface area contributed by atoms with E-state index in [2.05, 4.69) is 0 Å². The van der Waals surface area contributed by atoms with Crippen LogP contribution in [0.3, 0.4) is 0 Å². The third kappa shape index (κ3) is 4.47. The molecule has 78 valence electrons. The van der Waals surface area contributed by atoms with E-state index in [1.54, 1.807) is 36.4 Å². The van der Waals surface area contributed by atoms with Crippen LogP contribution in [0.5, 0.6) is 5.75 Å². The van der Waals surface area contributed by atoms with Crippen LogP contribution in [-0.4, -0.2) is 5.97 Å². The van der Waals surface area contributed by atoms with Crippen molar-refractivity contribution in [2.75, 3.05) is 0 Å². The van der Waals surface area contributed by atoms with Crippen LogP contribution in [0.25, 0.3) is 0 Å². The number of hydrogen-bond acceptors (Lipinski definition) is 2. The van der Waals surface area contributed by atoms with Gasteiger partial charge in [0.2, 0.25) is 0 Å². The molecule has 1 aromatic carbocycles. The Bertz CT molecular complexity index is 377.